The van der Waals surface area contributed by atoms with Gasteiger partial charge in [-0.3, -0.25) is 9.59 Å². The summed E-state index contributed by atoms with van der Waals surface area (Å²) in [5.41, 5.74) is 0.934. The summed E-state index contributed by atoms with van der Waals surface area (Å²) in [5.74, 6) is -1.58. The van der Waals surface area contributed by atoms with Crippen molar-refractivity contribution in [2.45, 2.75) is 12.5 Å². The first-order chi connectivity index (χ1) is 15.3. The molecule has 0 aromatic heterocycles. The zero-order valence-electron chi connectivity index (χ0n) is 18.3. The Bertz CT molecular complexity index is 1010. The minimum atomic E-state index is -0.756. The first kappa shape index (κ1) is 23.2. The van der Waals surface area contributed by atoms with E-state index in [1.807, 2.05) is 19.0 Å². The second-order valence-electron chi connectivity index (χ2n) is 7.82. The molecule has 1 N–H and O–H groups in total. The standard InChI is InChI=1S/C25H27FN2O4/c1-4-16-32-20-12-8-17(9-13-20)22-21(23(29)18-6-10-19(26)11-7-18)24(30)25(31)28(22)15-5-14-27(2)3/h4,6-13,22,29H,1,5,14-16H2,2-3H3. The van der Waals surface area contributed by atoms with Gasteiger partial charge in [0, 0.05) is 12.1 Å². The van der Waals surface area contributed by atoms with E-state index in [2.05, 4.69) is 6.58 Å². The van der Waals surface area contributed by atoms with Crippen molar-refractivity contribution >= 4 is 17.4 Å². The number of amides is 1. The molecule has 0 bridgehead atoms. The van der Waals surface area contributed by atoms with E-state index in [0.717, 1.165) is 6.54 Å². The number of ketones is 1. The van der Waals surface area contributed by atoms with Crippen LogP contribution in [0.5, 0.6) is 5.75 Å². The number of benzene rings is 2. The van der Waals surface area contributed by atoms with Gasteiger partial charge in [0.15, 0.2) is 0 Å². The minimum absolute atomic E-state index is 0.00813. The highest BCUT2D eigenvalue weighted by molar-refractivity contribution is 6.46. The van der Waals surface area contributed by atoms with Crippen LogP contribution in [0.4, 0.5) is 4.39 Å². The fourth-order valence-corrected chi connectivity index (χ4v) is 3.68. The predicted molar refractivity (Wildman–Crippen MR) is 121 cm³/mol. The topological polar surface area (TPSA) is 70.1 Å². The van der Waals surface area contributed by atoms with Crippen LogP contribution in [0.25, 0.3) is 5.76 Å². The zero-order valence-corrected chi connectivity index (χ0v) is 18.3. The van der Waals surface area contributed by atoms with Crippen LogP contribution in [0, 0.1) is 5.82 Å². The number of hydrogen-bond acceptors (Lipinski definition) is 5. The molecule has 168 valence electrons. The van der Waals surface area contributed by atoms with Gasteiger partial charge >= 0.3 is 0 Å². The Morgan fingerprint density at radius 2 is 1.81 bits per heavy atom. The second-order valence-corrected chi connectivity index (χ2v) is 7.82. The molecule has 1 unspecified atom stereocenters. The number of halogens is 1. The number of carbonyl (C=O) groups excluding carboxylic acids is 2. The summed E-state index contributed by atoms with van der Waals surface area (Å²) in [4.78, 5) is 29.3. The van der Waals surface area contributed by atoms with Crippen molar-refractivity contribution < 1.29 is 23.8 Å². The van der Waals surface area contributed by atoms with Crippen LogP contribution in [-0.2, 0) is 9.59 Å². The maximum Gasteiger partial charge on any atom is 0.295 e. The van der Waals surface area contributed by atoms with E-state index < -0.39 is 23.5 Å². The molecule has 1 fully saturated rings. The van der Waals surface area contributed by atoms with Crippen molar-refractivity contribution in [2.75, 3.05) is 33.8 Å². The number of hydrogen-bond donors (Lipinski definition) is 1. The molecule has 0 radical (unpaired) electrons. The van der Waals surface area contributed by atoms with E-state index in [1.165, 1.54) is 29.2 Å². The molecule has 1 amide bonds. The summed E-state index contributed by atoms with van der Waals surface area (Å²) in [7, 11) is 3.87. The molecular formula is C25H27FN2O4. The SMILES string of the molecule is C=CCOc1ccc(C2C(=C(O)c3ccc(F)cc3)C(=O)C(=O)N2CCCN(C)C)cc1. The molecule has 0 spiro atoms. The number of aliphatic hydroxyl groups excluding tert-OH is 1. The van der Waals surface area contributed by atoms with Gasteiger partial charge < -0.3 is 19.6 Å². The van der Waals surface area contributed by atoms with E-state index in [1.54, 1.807) is 30.3 Å². The summed E-state index contributed by atoms with van der Waals surface area (Å²) in [6, 6.07) is 11.4. The largest absolute Gasteiger partial charge is 0.507 e. The zero-order chi connectivity index (χ0) is 23.3. The molecule has 1 aliphatic heterocycles. The molecule has 3 rings (SSSR count). The molecular weight excluding hydrogens is 411 g/mol. The number of carbonyl (C=O) groups is 2. The lowest BCUT2D eigenvalue weighted by Crippen LogP contribution is -2.32. The molecule has 1 aliphatic rings. The lowest BCUT2D eigenvalue weighted by Gasteiger charge is -2.26. The van der Waals surface area contributed by atoms with Gasteiger partial charge in [0.1, 0.15) is 23.9 Å². The van der Waals surface area contributed by atoms with Crippen LogP contribution in [0.3, 0.4) is 0 Å². The van der Waals surface area contributed by atoms with Gasteiger partial charge in [-0.1, -0.05) is 24.8 Å². The molecule has 1 atom stereocenters. The van der Waals surface area contributed by atoms with Gasteiger partial charge in [0.25, 0.3) is 11.7 Å². The van der Waals surface area contributed by atoms with E-state index in [4.69, 9.17) is 4.74 Å². The molecule has 2 aromatic carbocycles. The molecule has 6 nitrogen and oxygen atoms in total. The fourth-order valence-electron chi connectivity index (χ4n) is 3.68. The third-order valence-electron chi connectivity index (χ3n) is 5.23. The number of rotatable bonds is 9. The number of ether oxygens (including phenoxy) is 1. The van der Waals surface area contributed by atoms with Crippen LogP contribution in [-0.4, -0.2) is 60.4 Å². The molecule has 1 heterocycles. The lowest BCUT2D eigenvalue weighted by atomic mass is 9.95. The van der Waals surface area contributed by atoms with E-state index in [-0.39, 0.29) is 16.9 Å². The van der Waals surface area contributed by atoms with Gasteiger partial charge in [-0.2, -0.15) is 0 Å². The first-order valence-electron chi connectivity index (χ1n) is 10.4. The van der Waals surface area contributed by atoms with Gasteiger partial charge in [0.2, 0.25) is 0 Å². The highest BCUT2D eigenvalue weighted by Crippen LogP contribution is 2.39. The molecule has 1 saturated heterocycles. The summed E-state index contributed by atoms with van der Waals surface area (Å²) in [5, 5.41) is 10.9. The van der Waals surface area contributed by atoms with Crippen molar-refractivity contribution in [2.24, 2.45) is 0 Å². The third kappa shape index (κ3) is 5.06. The highest BCUT2D eigenvalue weighted by atomic mass is 19.1. The maximum absolute atomic E-state index is 13.4. The van der Waals surface area contributed by atoms with Crippen molar-refractivity contribution in [3.63, 3.8) is 0 Å². The van der Waals surface area contributed by atoms with E-state index >= 15 is 0 Å². The normalized spacial score (nSPS) is 17.8. The number of Topliss-reactive ketones (excluding diaryl/α,β-unsaturated/α-hetero) is 1. The fraction of sp³-hybridized carbons (Fsp3) is 0.280. The number of likely N-dealkylation sites (tertiary alicyclic amines) is 1. The van der Waals surface area contributed by atoms with Gasteiger partial charge in [-0.25, -0.2) is 4.39 Å². The number of aliphatic hydroxyl groups is 1. The highest BCUT2D eigenvalue weighted by Gasteiger charge is 2.45. The first-order valence-corrected chi connectivity index (χ1v) is 10.4. The summed E-state index contributed by atoms with van der Waals surface area (Å²) in [6.45, 7) is 5.06. The van der Waals surface area contributed by atoms with Crippen LogP contribution >= 0.6 is 0 Å². The maximum atomic E-state index is 13.4. The molecule has 2 aromatic rings. The molecule has 0 aliphatic carbocycles. The van der Waals surface area contributed by atoms with Crippen LogP contribution in [0.15, 0.2) is 66.8 Å². The average molecular weight is 438 g/mol. The minimum Gasteiger partial charge on any atom is -0.507 e. The third-order valence-corrected chi connectivity index (χ3v) is 5.23. The van der Waals surface area contributed by atoms with Crippen molar-refractivity contribution in [1.82, 2.24) is 9.80 Å². The predicted octanol–water partition coefficient (Wildman–Crippen LogP) is 3.76. The Morgan fingerprint density at radius 1 is 1.16 bits per heavy atom. The van der Waals surface area contributed by atoms with Gasteiger partial charge in [-0.05, 0) is 69.0 Å². The Balaban J connectivity index is 2.04. The van der Waals surface area contributed by atoms with Crippen LogP contribution < -0.4 is 4.74 Å². The van der Waals surface area contributed by atoms with Crippen molar-refractivity contribution in [3.8, 4) is 5.75 Å². The van der Waals surface area contributed by atoms with Crippen LogP contribution in [0.2, 0.25) is 0 Å². The Labute approximate surface area is 187 Å². The summed E-state index contributed by atoms with van der Waals surface area (Å²) < 4.78 is 18.9. The van der Waals surface area contributed by atoms with Gasteiger partial charge in [0.05, 0.1) is 11.6 Å². The average Bonchev–Trinajstić information content (AvgIpc) is 3.03. The smallest absolute Gasteiger partial charge is 0.295 e. The number of nitrogens with zero attached hydrogens (tertiary/aromatic N) is 2. The molecule has 0 saturated carbocycles. The van der Waals surface area contributed by atoms with E-state index in [9.17, 15) is 19.1 Å². The van der Waals surface area contributed by atoms with E-state index in [0.29, 0.717) is 30.9 Å². The van der Waals surface area contributed by atoms with Crippen molar-refractivity contribution in [3.05, 3.63) is 83.7 Å². The quantitative estimate of drug-likeness (QED) is 0.279. The summed E-state index contributed by atoms with van der Waals surface area (Å²) >= 11 is 0. The van der Waals surface area contributed by atoms with Gasteiger partial charge in [-0.15, -0.1) is 0 Å². The summed E-state index contributed by atoms with van der Waals surface area (Å²) in [6.07, 6.45) is 2.30. The second kappa shape index (κ2) is 10.2. The van der Waals surface area contributed by atoms with Crippen LogP contribution in [0.1, 0.15) is 23.6 Å². The van der Waals surface area contributed by atoms with Crippen molar-refractivity contribution in [1.29, 1.82) is 0 Å². The monoisotopic (exact) mass is 438 g/mol. The Kier molecular flexibility index (Phi) is 7.43. The molecule has 7 heteroatoms. The molecule has 32 heavy (non-hydrogen) atoms. The Hall–Kier alpha value is -3.45. The Morgan fingerprint density at radius 3 is 2.41 bits per heavy atom. The lowest BCUT2D eigenvalue weighted by molar-refractivity contribution is -0.139.